The van der Waals surface area contributed by atoms with Crippen LogP contribution < -0.4 is 16.0 Å². The van der Waals surface area contributed by atoms with Crippen molar-refractivity contribution in [3.63, 3.8) is 0 Å². The topological polar surface area (TPSA) is 116 Å². The van der Waals surface area contributed by atoms with Gasteiger partial charge in [-0.1, -0.05) is 93.4 Å². The number of carbonyl (C=O) groups excluding carboxylic acids is 1. The van der Waals surface area contributed by atoms with E-state index in [2.05, 4.69) is 69.5 Å². The molecule has 5 aromatic rings. The molecule has 8 nitrogen and oxygen atoms in total. The smallest absolute Gasteiger partial charge is 0.280 e. The third kappa shape index (κ3) is 5.57. The summed E-state index contributed by atoms with van der Waals surface area (Å²) in [5, 5.41) is 0. The van der Waals surface area contributed by atoms with Crippen molar-refractivity contribution in [1.29, 1.82) is 0 Å². The molecule has 0 saturated carbocycles. The van der Waals surface area contributed by atoms with E-state index in [1.165, 1.54) is 11.1 Å². The molecule has 0 unspecified atom stereocenters. The van der Waals surface area contributed by atoms with E-state index in [4.69, 9.17) is 10.5 Å². The number of H-pyrrole nitrogens is 1. The molecule has 42 heavy (non-hydrogen) atoms. The highest BCUT2D eigenvalue weighted by Gasteiger charge is 2.36. The van der Waals surface area contributed by atoms with Crippen LogP contribution in [0.5, 0.6) is 5.75 Å². The van der Waals surface area contributed by atoms with E-state index in [1.807, 2.05) is 42.7 Å². The lowest BCUT2D eigenvalue weighted by Crippen LogP contribution is -2.30. The van der Waals surface area contributed by atoms with Crippen molar-refractivity contribution in [1.82, 2.24) is 19.5 Å². The summed E-state index contributed by atoms with van der Waals surface area (Å²) in [5.74, 6) is 0.613. The normalized spacial score (nSPS) is 11.7. The minimum atomic E-state index is -0.458. The molecular formula is C34H37N5O3. The molecule has 216 valence electrons. The van der Waals surface area contributed by atoms with Crippen LogP contribution in [0, 0.1) is 5.92 Å². The number of fused-ring (bicyclic) bond motifs is 1. The number of hydrogen-bond donors (Lipinski definition) is 2. The summed E-state index contributed by atoms with van der Waals surface area (Å²) in [6.07, 6.45) is 5.25. The number of carbonyl (C=O) groups is 1. The van der Waals surface area contributed by atoms with Crippen LogP contribution in [-0.2, 0) is 12.0 Å². The zero-order valence-corrected chi connectivity index (χ0v) is 24.3. The Morgan fingerprint density at radius 3 is 2.24 bits per heavy atom. The number of aromatic amines is 1. The molecule has 5 rings (SSSR count). The lowest BCUT2D eigenvalue weighted by Gasteiger charge is -2.37. The number of aromatic nitrogens is 4. The number of nitrogens with one attached hydrogen (secondary N) is 1. The first-order chi connectivity index (χ1) is 20.3. The summed E-state index contributed by atoms with van der Waals surface area (Å²) in [5.41, 5.74) is 9.82. The van der Waals surface area contributed by atoms with Gasteiger partial charge in [0.15, 0.2) is 16.9 Å². The molecule has 0 aliphatic carbocycles. The standard InChI is InChI=1S/C34H37N5O3/c1-23(2)30(40)27-18-17-26(21-28(27)42-3)34(24-13-7-4-8-14-24,25-15-9-5-10-16-25)19-11-6-12-20-39-22-36-29-31(39)37-33(35)38-32(29)41/h4-5,7-10,13-18,21-23H,6,11-12,19-20H2,1-3H3,(H3,35,37,38,41). The highest BCUT2D eigenvalue weighted by atomic mass is 16.5. The Morgan fingerprint density at radius 2 is 1.62 bits per heavy atom. The average molecular weight is 564 g/mol. The van der Waals surface area contributed by atoms with Gasteiger partial charge in [0.25, 0.3) is 5.56 Å². The number of hydrogen-bond acceptors (Lipinski definition) is 6. The SMILES string of the molecule is COc1cc(C(CCCCCn2cnc3c(=O)[nH]c(N)nc32)(c2ccccc2)c2ccccc2)ccc1C(=O)C(C)C. The molecule has 2 aromatic heterocycles. The molecule has 0 aliphatic rings. The third-order valence-corrected chi connectivity index (χ3v) is 7.96. The third-order valence-electron chi connectivity index (χ3n) is 7.96. The monoisotopic (exact) mass is 563 g/mol. The van der Waals surface area contributed by atoms with Crippen molar-refractivity contribution in [3.05, 3.63) is 118 Å². The van der Waals surface area contributed by atoms with Crippen LogP contribution in [0.4, 0.5) is 5.95 Å². The Bertz CT molecular complexity index is 1690. The van der Waals surface area contributed by atoms with Crippen LogP contribution in [0.1, 0.15) is 66.6 Å². The number of rotatable bonds is 12. The molecule has 2 heterocycles. The Labute approximate surface area is 245 Å². The first-order valence-corrected chi connectivity index (χ1v) is 14.4. The molecule has 0 fully saturated rings. The van der Waals surface area contributed by atoms with Crippen molar-refractivity contribution < 1.29 is 9.53 Å². The molecule has 0 atom stereocenters. The molecule has 0 saturated heterocycles. The van der Waals surface area contributed by atoms with E-state index < -0.39 is 5.41 Å². The maximum absolute atomic E-state index is 13.0. The maximum atomic E-state index is 13.0. The molecule has 0 aliphatic heterocycles. The Hall–Kier alpha value is -4.72. The van der Waals surface area contributed by atoms with Crippen molar-refractivity contribution in [2.24, 2.45) is 5.92 Å². The van der Waals surface area contributed by atoms with Crippen LogP contribution >= 0.6 is 0 Å². The fraction of sp³-hybridized carbons (Fsp3) is 0.294. The van der Waals surface area contributed by atoms with E-state index >= 15 is 0 Å². The van der Waals surface area contributed by atoms with E-state index in [1.54, 1.807) is 13.4 Å². The predicted octanol–water partition coefficient (Wildman–Crippen LogP) is 6.14. The number of nitrogen functional groups attached to an aromatic ring is 1. The summed E-state index contributed by atoms with van der Waals surface area (Å²) in [4.78, 5) is 36.1. The molecule has 0 amide bonds. The Kier molecular flexibility index (Phi) is 8.52. The van der Waals surface area contributed by atoms with Gasteiger partial charge in [-0.2, -0.15) is 4.98 Å². The van der Waals surface area contributed by atoms with Crippen molar-refractivity contribution in [2.75, 3.05) is 12.8 Å². The van der Waals surface area contributed by atoms with Gasteiger partial charge in [0, 0.05) is 17.9 Å². The fourth-order valence-corrected chi connectivity index (χ4v) is 5.83. The molecule has 3 aromatic carbocycles. The number of methoxy groups -OCH3 is 1. The van der Waals surface area contributed by atoms with E-state index in [9.17, 15) is 9.59 Å². The number of nitrogens with zero attached hydrogens (tertiary/aromatic N) is 3. The number of ether oxygens (including phenoxy) is 1. The van der Waals surface area contributed by atoms with Gasteiger partial charge in [-0.15, -0.1) is 0 Å². The molecule has 3 N–H and O–H groups in total. The van der Waals surface area contributed by atoms with Gasteiger partial charge < -0.3 is 15.0 Å². The molecule has 0 spiro atoms. The van der Waals surface area contributed by atoms with E-state index in [-0.39, 0.29) is 23.2 Å². The maximum Gasteiger partial charge on any atom is 0.280 e. The number of unbranched alkanes of at least 4 members (excludes halogenated alkanes) is 2. The lowest BCUT2D eigenvalue weighted by molar-refractivity contribution is 0.0936. The molecular weight excluding hydrogens is 526 g/mol. The average Bonchev–Trinajstić information content (AvgIpc) is 3.42. The lowest BCUT2D eigenvalue weighted by atomic mass is 9.66. The van der Waals surface area contributed by atoms with Crippen LogP contribution in [0.15, 0.2) is 90.0 Å². The minimum Gasteiger partial charge on any atom is -0.496 e. The summed E-state index contributed by atoms with van der Waals surface area (Å²) in [7, 11) is 1.62. The zero-order chi connectivity index (χ0) is 29.7. The van der Waals surface area contributed by atoms with Crippen molar-refractivity contribution >= 4 is 22.9 Å². The highest BCUT2D eigenvalue weighted by Crippen LogP contribution is 2.45. The van der Waals surface area contributed by atoms with Gasteiger partial charge in [0.1, 0.15) is 5.75 Å². The van der Waals surface area contributed by atoms with E-state index in [0.717, 1.165) is 31.2 Å². The van der Waals surface area contributed by atoms with Crippen LogP contribution in [0.3, 0.4) is 0 Å². The Balaban J connectivity index is 1.48. The van der Waals surface area contributed by atoms with Gasteiger partial charge in [-0.05, 0) is 41.7 Å². The number of benzene rings is 3. The summed E-state index contributed by atoms with van der Waals surface area (Å²) < 4.78 is 7.68. The highest BCUT2D eigenvalue weighted by molar-refractivity contribution is 6.00. The number of imidazole rings is 1. The van der Waals surface area contributed by atoms with Crippen LogP contribution in [0.2, 0.25) is 0 Å². The van der Waals surface area contributed by atoms with E-state index in [0.29, 0.717) is 29.0 Å². The largest absolute Gasteiger partial charge is 0.496 e. The van der Waals surface area contributed by atoms with Gasteiger partial charge in [-0.3, -0.25) is 14.6 Å². The number of anilines is 1. The number of ketones is 1. The number of nitrogens with two attached hydrogens (primary N) is 1. The minimum absolute atomic E-state index is 0.0636. The summed E-state index contributed by atoms with van der Waals surface area (Å²) in [6.45, 7) is 4.49. The second kappa shape index (κ2) is 12.4. The number of aryl methyl sites for hydroxylation is 1. The first-order valence-electron chi connectivity index (χ1n) is 14.4. The second-order valence-electron chi connectivity index (χ2n) is 10.9. The van der Waals surface area contributed by atoms with Crippen molar-refractivity contribution in [3.8, 4) is 5.75 Å². The second-order valence-corrected chi connectivity index (χ2v) is 10.9. The van der Waals surface area contributed by atoms with Gasteiger partial charge >= 0.3 is 0 Å². The van der Waals surface area contributed by atoms with Gasteiger partial charge in [0.05, 0.1) is 19.0 Å². The molecule has 0 bridgehead atoms. The predicted molar refractivity (Wildman–Crippen MR) is 166 cm³/mol. The zero-order valence-electron chi connectivity index (χ0n) is 24.3. The van der Waals surface area contributed by atoms with Gasteiger partial charge in [-0.25, -0.2) is 4.98 Å². The molecule has 0 radical (unpaired) electrons. The van der Waals surface area contributed by atoms with Crippen LogP contribution in [-0.4, -0.2) is 32.4 Å². The van der Waals surface area contributed by atoms with Crippen LogP contribution in [0.25, 0.3) is 11.2 Å². The van der Waals surface area contributed by atoms with Crippen molar-refractivity contribution in [2.45, 2.75) is 51.5 Å². The first kappa shape index (κ1) is 28.8. The fourth-order valence-electron chi connectivity index (χ4n) is 5.83. The number of Topliss-reactive ketones (excluding diaryl/α,β-unsaturated/α-hetero) is 1. The summed E-state index contributed by atoms with van der Waals surface area (Å²) >= 11 is 0. The van der Waals surface area contributed by atoms with Gasteiger partial charge in [0.2, 0.25) is 5.95 Å². The molecule has 8 heteroatoms. The Morgan fingerprint density at radius 1 is 0.952 bits per heavy atom. The quantitative estimate of drug-likeness (QED) is 0.107. The summed E-state index contributed by atoms with van der Waals surface area (Å²) in [6, 6.07) is 27.1.